The van der Waals surface area contributed by atoms with E-state index in [9.17, 15) is 0 Å². The molecule has 2 heterocycles. The smallest absolute Gasteiger partial charge is 0.234 e. The molecule has 0 amide bonds. The third-order valence-corrected chi connectivity index (χ3v) is 8.21. The van der Waals surface area contributed by atoms with Gasteiger partial charge in [-0.3, -0.25) is 0 Å². The molecule has 4 bridgehead atoms. The number of nitrogens with zero attached hydrogens (tertiary/aromatic N) is 4. The number of aromatic nitrogens is 4. The summed E-state index contributed by atoms with van der Waals surface area (Å²) in [5.74, 6) is 4.61. The second-order valence-corrected chi connectivity index (χ2v) is 9.90. The summed E-state index contributed by atoms with van der Waals surface area (Å²) in [5.41, 5.74) is 1.53. The molecular formula is C21H24N4OS. The van der Waals surface area contributed by atoms with Gasteiger partial charge < -0.3 is 4.74 Å². The van der Waals surface area contributed by atoms with Crippen molar-refractivity contribution in [2.45, 2.75) is 50.4 Å². The average Bonchev–Trinajstić information content (AvgIpc) is 3.24. The second-order valence-electron chi connectivity index (χ2n) is 8.94. The molecule has 0 N–H and O–H groups in total. The number of hydrogen-bond donors (Lipinski definition) is 0. The van der Waals surface area contributed by atoms with E-state index in [0.717, 1.165) is 40.7 Å². The van der Waals surface area contributed by atoms with Gasteiger partial charge in [0, 0.05) is 11.8 Å². The van der Waals surface area contributed by atoms with Crippen LogP contribution >= 0.6 is 11.3 Å². The van der Waals surface area contributed by atoms with Gasteiger partial charge in [0.1, 0.15) is 10.8 Å². The fourth-order valence-corrected chi connectivity index (χ4v) is 7.36. The molecule has 4 saturated carbocycles. The molecule has 3 aromatic rings. The van der Waals surface area contributed by atoms with Gasteiger partial charge in [-0.1, -0.05) is 23.5 Å². The van der Waals surface area contributed by atoms with E-state index in [2.05, 4.69) is 22.3 Å². The maximum Gasteiger partial charge on any atom is 0.234 e. The lowest BCUT2D eigenvalue weighted by Gasteiger charge is -2.55. The Labute approximate surface area is 162 Å². The molecule has 4 aliphatic carbocycles. The topological polar surface area (TPSA) is 52.3 Å². The molecular weight excluding hydrogens is 356 g/mol. The van der Waals surface area contributed by atoms with Crippen LogP contribution in [0.15, 0.2) is 24.3 Å². The van der Waals surface area contributed by atoms with Crippen LogP contribution in [0.2, 0.25) is 0 Å². The standard InChI is InChI=1S/C21H24N4OS/c1-26-17-4-2-13(3-5-17)9-18-22-23-20-25(18)24-19(27-20)21-10-14-6-15(11-21)8-16(7-14)12-21/h2-5,14-16H,6-12H2,1H3. The molecule has 4 fully saturated rings. The number of methoxy groups -OCH3 is 1. The normalized spacial score (nSPS) is 31.7. The summed E-state index contributed by atoms with van der Waals surface area (Å²) in [6.45, 7) is 0. The van der Waals surface area contributed by atoms with Crippen LogP contribution in [0.3, 0.4) is 0 Å². The zero-order valence-electron chi connectivity index (χ0n) is 15.6. The molecule has 4 aliphatic rings. The minimum absolute atomic E-state index is 0.331. The van der Waals surface area contributed by atoms with E-state index in [1.165, 1.54) is 49.1 Å². The highest BCUT2D eigenvalue weighted by Crippen LogP contribution is 2.61. The van der Waals surface area contributed by atoms with Crippen molar-refractivity contribution in [1.82, 2.24) is 19.8 Å². The van der Waals surface area contributed by atoms with Crippen molar-refractivity contribution in [3.8, 4) is 5.75 Å². The van der Waals surface area contributed by atoms with Gasteiger partial charge in [-0.25, -0.2) is 0 Å². The summed E-state index contributed by atoms with van der Waals surface area (Å²) in [5, 5.41) is 15.3. The predicted molar refractivity (Wildman–Crippen MR) is 104 cm³/mol. The van der Waals surface area contributed by atoms with Crippen molar-refractivity contribution in [2.75, 3.05) is 7.11 Å². The van der Waals surface area contributed by atoms with Crippen LogP contribution in [-0.4, -0.2) is 26.9 Å². The Morgan fingerprint density at radius 3 is 2.33 bits per heavy atom. The first-order valence-corrected chi connectivity index (χ1v) is 10.9. The van der Waals surface area contributed by atoms with Gasteiger partial charge in [-0.15, -0.1) is 10.2 Å². The van der Waals surface area contributed by atoms with E-state index in [1.54, 1.807) is 18.4 Å². The van der Waals surface area contributed by atoms with Crippen LogP contribution in [0, 0.1) is 17.8 Å². The third-order valence-electron chi connectivity index (χ3n) is 7.07. The van der Waals surface area contributed by atoms with Gasteiger partial charge in [0.05, 0.1) is 7.11 Å². The van der Waals surface area contributed by atoms with E-state index in [4.69, 9.17) is 9.84 Å². The highest BCUT2D eigenvalue weighted by molar-refractivity contribution is 7.16. The van der Waals surface area contributed by atoms with E-state index < -0.39 is 0 Å². The molecule has 0 radical (unpaired) electrons. The average molecular weight is 381 g/mol. The monoisotopic (exact) mass is 380 g/mol. The van der Waals surface area contributed by atoms with Gasteiger partial charge in [0.2, 0.25) is 4.96 Å². The minimum atomic E-state index is 0.331. The molecule has 140 valence electrons. The number of rotatable bonds is 4. The van der Waals surface area contributed by atoms with Crippen molar-refractivity contribution in [3.05, 3.63) is 40.7 Å². The molecule has 0 unspecified atom stereocenters. The van der Waals surface area contributed by atoms with Gasteiger partial charge in [-0.05, 0) is 74.0 Å². The van der Waals surface area contributed by atoms with E-state index in [1.807, 2.05) is 16.6 Å². The summed E-state index contributed by atoms with van der Waals surface area (Å²) in [4.78, 5) is 0.948. The lowest BCUT2D eigenvalue weighted by atomic mass is 9.50. The number of benzene rings is 1. The zero-order chi connectivity index (χ0) is 18.0. The highest BCUT2D eigenvalue weighted by atomic mass is 32.1. The van der Waals surface area contributed by atoms with Crippen LogP contribution in [0.25, 0.3) is 4.96 Å². The number of ether oxygens (including phenoxy) is 1. The first-order chi connectivity index (χ1) is 13.2. The molecule has 0 atom stereocenters. The largest absolute Gasteiger partial charge is 0.497 e. The maximum atomic E-state index is 5.25. The first kappa shape index (κ1) is 16.0. The lowest BCUT2D eigenvalue weighted by Crippen LogP contribution is -2.48. The second kappa shape index (κ2) is 5.77. The summed E-state index contributed by atoms with van der Waals surface area (Å²) in [7, 11) is 1.69. The molecule has 6 heteroatoms. The van der Waals surface area contributed by atoms with Crippen LogP contribution in [-0.2, 0) is 11.8 Å². The molecule has 0 saturated heterocycles. The Bertz CT molecular complexity index is 954. The minimum Gasteiger partial charge on any atom is -0.497 e. The van der Waals surface area contributed by atoms with Gasteiger partial charge in [0.15, 0.2) is 5.82 Å². The molecule has 7 rings (SSSR count). The predicted octanol–water partition coefficient (Wildman–Crippen LogP) is 4.25. The van der Waals surface area contributed by atoms with Crippen molar-refractivity contribution in [1.29, 1.82) is 0 Å². The van der Waals surface area contributed by atoms with Crippen LogP contribution in [0.5, 0.6) is 5.75 Å². The van der Waals surface area contributed by atoms with Crippen LogP contribution in [0.4, 0.5) is 0 Å². The Morgan fingerprint density at radius 2 is 1.70 bits per heavy atom. The van der Waals surface area contributed by atoms with Gasteiger partial charge in [-0.2, -0.15) is 9.61 Å². The quantitative estimate of drug-likeness (QED) is 0.679. The summed E-state index contributed by atoms with van der Waals surface area (Å²) < 4.78 is 7.25. The molecule has 0 spiro atoms. The Hall–Kier alpha value is -1.95. The number of hydrogen-bond acceptors (Lipinski definition) is 5. The van der Waals surface area contributed by atoms with Crippen molar-refractivity contribution < 1.29 is 4.74 Å². The molecule has 27 heavy (non-hydrogen) atoms. The fourth-order valence-electron chi connectivity index (χ4n) is 6.28. The number of fused-ring (bicyclic) bond motifs is 1. The highest BCUT2D eigenvalue weighted by Gasteiger charge is 2.53. The van der Waals surface area contributed by atoms with Crippen molar-refractivity contribution in [3.63, 3.8) is 0 Å². The summed E-state index contributed by atoms with van der Waals surface area (Å²) in [6, 6.07) is 8.17. The van der Waals surface area contributed by atoms with Gasteiger partial charge >= 0.3 is 0 Å². The van der Waals surface area contributed by atoms with E-state index >= 15 is 0 Å². The molecule has 5 nitrogen and oxygen atoms in total. The van der Waals surface area contributed by atoms with Crippen molar-refractivity contribution in [2.24, 2.45) is 17.8 Å². The Balaban J connectivity index is 1.33. The lowest BCUT2D eigenvalue weighted by molar-refractivity contribution is -0.00567. The SMILES string of the molecule is COc1ccc(Cc2nnc3sc(C45CC6CC(CC(C6)C4)C5)nn23)cc1. The zero-order valence-corrected chi connectivity index (χ0v) is 16.4. The summed E-state index contributed by atoms with van der Waals surface area (Å²) >= 11 is 1.78. The van der Waals surface area contributed by atoms with E-state index in [-0.39, 0.29) is 0 Å². The fraction of sp³-hybridized carbons (Fsp3) is 0.571. The Kier molecular flexibility index (Phi) is 3.43. The Morgan fingerprint density at radius 1 is 1.04 bits per heavy atom. The van der Waals surface area contributed by atoms with E-state index in [0.29, 0.717) is 5.41 Å². The maximum absolute atomic E-state index is 5.25. The molecule has 0 aliphatic heterocycles. The molecule has 2 aromatic heterocycles. The summed E-state index contributed by atoms with van der Waals surface area (Å²) in [6.07, 6.45) is 9.17. The van der Waals surface area contributed by atoms with Crippen molar-refractivity contribution >= 4 is 16.3 Å². The third kappa shape index (κ3) is 2.53. The van der Waals surface area contributed by atoms with Crippen LogP contribution in [0.1, 0.15) is 54.9 Å². The van der Waals surface area contributed by atoms with Gasteiger partial charge in [0.25, 0.3) is 0 Å². The van der Waals surface area contributed by atoms with Crippen LogP contribution < -0.4 is 4.74 Å². The molecule has 1 aromatic carbocycles. The first-order valence-electron chi connectivity index (χ1n) is 10.1.